The van der Waals surface area contributed by atoms with Gasteiger partial charge in [0, 0.05) is 52.2 Å². The van der Waals surface area contributed by atoms with Gasteiger partial charge in [-0.1, -0.05) is 19.6 Å². The fraction of sp³-hybridized carbons (Fsp3) is 0.650. The minimum atomic E-state index is -1.13. The van der Waals surface area contributed by atoms with Crippen molar-refractivity contribution in [2.24, 2.45) is 0 Å². The van der Waals surface area contributed by atoms with Crippen LogP contribution in [0.5, 0.6) is 0 Å². The monoisotopic (exact) mass is 391 g/mol. The molecule has 0 radical (unpaired) electrons. The molecule has 2 aromatic heterocycles. The highest BCUT2D eigenvalue weighted by Gasteiger charge is 2.27. The molecule has 0 aliphatic heterocycles. The molecule has 0 atom stereocenters. The normalized spacial score (nSPS) is 15.0. The molecule has 27 heavy (non-hydrogen) atoms. The molecule has 2 heterocycles. The van der Waals surface area contributed by atoms with Crippen LogP contribution in [0.2, 0.25) is 25.7 Å². The van der Waals surface area contributed by atoms with Gasteiger partial charge < -0.3 is 24.3 Å². The number of ether oxygens (including phenoxy) is 2. The van der Waals surface area contributed by atoms with Crippen molar-refractivity contribution in [3.05, 3.63) is 33.9 Å². The highest BCUT2D eigenvalue weighted by atomic mass is 28.3. The number of hydrogen-bond donors (Lipinski definition) is 2. The largest absolute Gasteiger partial charge is 0.383 e. The molecule has 2 N–H and O–H groups in total. The number of nitrogens with zero attached hydrogens (tertiary/aromatic N) is 1. The summed E-state index contributed by atoms with van der Waals surface area (Å²) in [6.07, 6.45) is 4.32. The van der Waals surface area contributed by atoms with E-state index in [1.165, 1.54) is 18.4 Å². The van der Waals surface area contributed by atoms with Gasteiger partial charge in [-0.15, -0.1) is 0 Å². The molecular formula is C20H33N3O3Si. The number of hydrogen-bond acceptors (Lipinski definition) is 4. The molecule has 1 fully saturated rings. The molecule has 1 saturated carbocycles. The van der Waals surface area contributed by atoms with Crippen LogP contribution >= 0.6 is 0 Å². The summed E-state index contributed by atoms with van der Waals surface area (Å²) in [5.74, 6) is 0.585. The zero-order valence-corrected chi connectivity index (χ0v) is 18.1. The smallest absolute Gasteiger partial charge is 0.272 e. The maximum atomic E-state index is 12.6. The highest BCUT2D eigenvalue weighted by molar-refractivity contribution is 6.76. The van der Waals surface area contributed by atoms with Crippen molar-refractivity contribution in [1.82, 2.24) is 14.9 Å². The lowest BCUT2D eigenvalue weighted by Gasteiger charge is -2.17. The summed E-state index contributed by atoms with van der Waals surface area (Å²) in [4.78, 5) is 15.6. The van der Waals surface area contributed by atoms with E-state index in [1.54, 1.807) is 7.11 Å². The second kappa shape index (κ2) is 8.73. The minimum Gasteiger partial charge on any atom is -0.383 e. The maximum Gasteiger partial charge on any atom is 0.272 e. The van der Waals surface area contributed by atoms with E-state index >= 15 is 0 Å². The van der Waals surface area contributed by atoms with Crippen molar-refractivity contribution in [2.45, 2.75) is 57.7 Å². The Morgan fingerprint density at radius 2 is 2.07 bits per heavy atom. The Kier molecular flexibility index (Phi) is 6.57. The van der Waals surface area contributed by atoms with Crippen LogP contribution < -0.4 is 10.9 Å². The number of pyridine rings is 1. The van der Waals surface area contributed by atoms with Gasteiger partial charge in [0.15, 0.2) is 0 Å². The minimum absolute atomic E-state index is 0.0358. The van der Waals surface area contributed by atoms with Crippen molar-refractivity contribution in [2.75, 3.05) is 26.9 Å². The van der Waals surface area contributed by atoms with E-state index in [2.05, 4.69) is 36.0 Å². The van der Waals surface area contributed by atoms with E-state index in [4.69, 9.17) is 9.47 Å². The van der Waals surface area contributed by atoms with Gasteiger partial charge in [-0.25, -0.2) is 0 Å². The number of H-pyrrole nitrogens is 1. The summed E-state index contributed by atoms with van der Waals surface area (Å²) < 4.78 is 13.2. The lowest BCUT2D eigenvalue weighted by atomic mass is 10.1. The van der Waals surface area contributed by atoms with Crippen LogP contribution in [0.1, 0.15) is 30.0 Å². The third kappa shape index (κ3) is 5.31. The molecule has 7 heteroatoms. The van der Waals surface area contributed by atoms with Gasteiger partial charge >= 0.3 is 0 Å². The average Bonchev–Trinajstić information content (AvgIpc) is 3.37. The van der Waals surface area contributed by atoms with E-state index in [9.17, 15) is 4.79 Å². The van der Waals surface area contributed by atoms with Gasteiger partial charge in [-0.05, 0) is 36.4 Å². The summed E-state index contributed by atoms with van der Waals surface area (Å²) in [5.41, 5.74) is 3.07. The van der Waals surface area contributed by atoms with Crippen molar-refractivity contribution >= 4 is 19.0 Å². The molecule has 0 unspecified atom stereocenters. The first kappa shape index (κ1) is 20.3. The summed E-state index contributed by atoms with van der Waals surface area (Å²) in [7, 11) is 0.569. The molecular weight excluding hydrogens is 358 g/mol. The molecule has 0 spiro atoms. The quantitative estimate of drug-likeness (QED) is 0.456. The number of methoxy groups -OCH3 is 1. The van der Waals surface area contributed by atoms with E-state index in [0.717, 1.165) is 35.8 Å². The van der Waals surface area contributed by atoms with Crippen molar-refractivity contribution in [3.63, 3.8) is 0 Å². The van der Waals surface area contributed by atoms with Gasteiger partial charge in [0.2, 0.25) is 0 Å². The van der Waals surface area contributed by atoms with Crippen LogP contribution in [-0.2, 0) is 22.7 Å². The topological polar surface area (TPSA) is 68.3 Å². The van der Waals surface area contributed by atoms with Crippen LogP contribution in [0.15, 0.2) is 17.1 Å². The second-order valence-electron chi connectivity index (χ2n) is 8.69. The lowest BCUT2D eigenvalue weighted by Crippen LogP contribution is -2.24. The van der Waals surface area contributed by atoms with Crippen LogP contribution in [0.25, 0.3) is 10.9 Å². The summed E-state index contributed by atoms with van der Waals surface area (Å²) >= 11 is 0. The maximum absolute atomic E-state index is 12.6. The van der Waals surface area contributed by atoms with E-state index < -0.39 is 8.07 Å². The molecule has 3 rings (SSSR count). The Morgan fingerprint density at radius 3 is 2.74 bits per heavy atom. The zero-order chi connectivity index (χ0) is 19.4. The van der Waals surface area contributed by atoms with Gasteiger partial charge in [0.25, 0.3) is 5.56 Å². The molecule has 2 aromatic rings. The summed E-state index contributed by atoms with van der Waals surface area (Å²) in [6, 6.07) is 3.29. The average molecular weight is 392 g/mol. The van der Waals surface area contributed by atoms with Crippen LogP contribution in [-0.4, -0.2) is 44.5 Å². The first-order valence-electron chi connectivity index (χ1n) is 9.92. The number of aromatic amines is 1. The molecule has 0 bridgehead atoms. The van der Waals surface area contributed by atoms with Crippen LogP contribution in [0, 0.1) is 0 Å². The Labute approximate surface area is 162 Å². The van der Waals surface area contributed by atoms with Gasteiger partial charge in [-0.3, -0.25) is 4.79 Å². The molecule has 1 aliphatic carbocycles. The standard InChI is InChI=1S/C20H33N3O3Si/c1-25-8-7-21-12-16-11-17-18(15-5-6-15)13-22-20(24)19(17)23(16)14-26-9-10-27(2,3)4/h11,13,15,21H,5-10,12,14H2,1-4H3,(H,22,24). The van der Waals surface area contributed by atoms with Crippen molar-refractivity contribution < 1.29 is 9.47 Å². The van der Waals surface area contributed by atoms with Gasteiger partial charge in [0.1, 0.15) is 12.2 Å². The Balaban J connectivity index is 1.84. The number of rotatable bonds is 11. The molecule has 1 aliphatic rings. The molecule has 0 aromatic carbocycles. The zero-order valence-electron chi connectivity index (χ0n) is 17.1. The Hall–Kier alpha value is -1.41. The molecule has 150 valence electrons. The fourth-order valence-corrected chi connectivity index (χ4v) is 4.06. The Morgan fingerprint density at radius 1 is 1.30 bits per heavy atom. The highest BCUT2D eigenvalue weighted by Crippen LogP contribution is 2.42. The Bertz CT molecular complexity index is 818. The van der Waals surface area contributed by atoms with Crippen LogP contribution in [0.4, 0.5) is 0 Å². The molecule has 0 saturated heterocycles. The fourth-order valence-electron chi connectivity index (χ4n) is 3.31. The third-order valence-corrected chi connectivity index (χ3v) is 6.79. The second-order valence-corrected chi connectivity index (χ2v) is 14.3. The SMILES string of the molecule is COCCNCc1cc2c(C3CC3)c[nH]c(=O)c2n1COCC[Si](C)(C)C. The predicted octanol–water partition coefficient (Wildman–Crippen LogP) is 3.26. The van der Waals surface area contributed by atoms with Gasteiger partial charge in [0.05, 0.1) is 6.61 Å². The van der Waals surface area contributed by atoms with Gasteiger partial charge in [-0.2, -0.15) is 0 Å². The van der Waals surface area contributed by atoms with E-state index in [0.29, 0.717) is 25.8 Å². The number of aromatic nitrogens is 2. The van der Waals surface area contributed by atoms with Crippen molar-refractivity contribution in [3.8, 4) is 0 Å². The first-order chi connectivity index (χ1) is 12.9. The molecule has 6 nitrogen and oxygen atoms in total. The summed E-state index contributed by atoms with van der Waals surface area (Å²) in [5, 5.41) is 4.48. The summed E-state index contributed by atoms with van der Waals surface area (Å²) in [6.45, 7) is 10.3. The molecule has 0 amide bonds. The van der Waals surface area contributed by atoms with E-state index in [-0.39, 0.29) is 5.56 Å². The number of nitrogens with one attached hydrogen (secondary N) is 2. The lowest BCUT2D eigenvalue weighted by molar-refractivity contribution is 0.0880. The third-order valence-electron chi connectivity index (χ3n) is 5.09. The van der Waals surface area contributed by atoms with Crippen LogP contribution in [0.3, 0.4) is 0 Å². The predicted molar refractivity (Wildman–Crippen MR) is 112 cm³/mol. The number of fused-ring (bicyclic) bond motifs is 1. The van der Waals surface area contributed by atoms with Crippen molar-refractivity contribution in [1.29, 1.82) is 0 Å². The van der Waals surface area contributed by atoms with E-state index in [1.807, 2.05) is 10.8 Å². The first-order valence-corrected chi connectivity index (χ1v) is 13.6.